The van der Waals surface area contributed by atoms with Gasteiger partial charge in [0, 0.05) is 5.56 Å². The number of rotatable bonds is 0. The van der Waals surface area contributed by atoms with Crippen molar-refractivity contribution in [2.45, 2.75) is 13.8 Å². The van der Waals surface area contributed by atoms with E-state index in [1.54, 1.807) is 4.52 Å². The van der Waals surface area contributed by atoms with Gasteiger partial charge in [0.25, 0.3) is 0 Å². The first-order chi connectivity index (χ1) is 5.70. The number of nitrogens with zero attached hydrogens (tertiary/aromatic N) is 4. The molecule has 0 saturated heterocycles. The van der Waals surface area contributed by atoms with Gasteiger partial charge in [0.05, 0.1) is 0 Å². The molecule has 2 rings (SSSR count). The summed E-state index contributed by atoms with van der Waals surface area (Å²) in [5.41, 5.74) is 7.30. The fourth-order valence-electron chi connectivity index (χ4n) is 1.15. The Morgan fingerprint density at radius 2 is 2.17 bits per heavy atom. The van der Waals surface area contributed by atoms with Gasteiger partial charge in [-0.15, -0.1) is 0 Å². The van der Waals surface area contributed by atoms with Crippen molar-refractivity contribution >= 4 is 11.5 Å². The quantitative estimate of drug-likeness (QED) is 0.607. The van der Waals surface area contributed by atoms with Crippen molar-refractivity contribution in [3.8, 4) is 0 Å². The van der Waals surface area contributed by atoms with Gasteiger partial charge in [-0.3, -0.25) is 0 Å². The molecular formula is C7H9N5. The average Bonchev–Trinajstić information content (AvgIpc) is 2.48. The van der Waals surface area contributed by atoms with Crippen molar-refractivity contribution in [2.24, 2.45) is 0 Å². The summed E-state index contributed by atoms with van der Waals surface area (Å²) in [6, 6.07) is 0. The molecule has 0 unspecified atom stereocenters. The van der Waals surface area contributed by atoms with Crippen LogP contribution in [-0.4, -0.2) is 19.6 Å². The van der Waals surface area contributed by atoms with Crippen molar-refractivity contribution in [3.63, 3.8) is 0 Å². The van der Waals surface area contributed by atoms with Crippen LogP contribution in [0.1, 0.15) is 11.4 Å². The zero-order chi connectivity index (χ0) is 8.72. The first kappa shape index (κ1) is 7.02. The molecule has 5 nitrogen and oxygen atoms in total. The number of fused-ring (bicyclic) bond motifs is 1. The molecule has 0 bridgehead atoms. The predicted molar refractivity (Wildman–Crippen MR) is 44.7 cm³/mol. The highest BCUT2D eigenvalue weighted by molar-refractivity contribution is 5.56. The van der Waals surface area contributed by atoms with Crippen LogP contribution in [0, 0.1) is 13.8 Å². The monoisotopic (exact) mass is 163 g/mol. The minimum atomic E-state index is 0.521. The summed E-state index contributed by atoms with van der Waals surface area (Å²) in [5.74, 6) is 1.28. The van der Waals surface area contributed by atoms with Crippen molar-refractivity contribution in [1.82, 2.24) is 19.6 Å². The molecule has 0 aliphatic heterocycles. The van der Waals surface area contributed by atoms with E-state index in [2.05, 4.69) is 15.1 Å². The summed E-state index contributed by atoms with van der Waals surface area (Å²) in [6.45, 7) is 3.73. The molecule has 2 heterocycles. The molecule has 0 aliphatic carbocycles. The van der Waals surface area contributed by atoms with Crippen LogP contribution in [0.3, 0.4) is 0 Å². The van der Waals surface area contributed by atoms with Crippen LogP contribution in [0.15, 0.2) is 6.33 Å². The third-order valence-electron chi connectivity index (χ3n) is 1.86. The second kappa shape index (κ2) is 2.17. The second-order valence-corrected chi connectivity index (χ2v) is 2.66. The van der Waals surface area contributed by atoms with Crippen molar-refractivity contribution < 1.29 is 0 Å². The lowest BCUT2D eigenvalue weighted by atomic mass is 10.3. The van der Waals surface area contributed by atoms with Gasteiger partial charge in [-0.25, -0.2) is 9.97 Å². The van der Waals surface area contributed by atoms with E-state index in [1.807, 2.05) is 13.8 Å². The molecule has 0 spiro atoms. The third kappa shape index (κ3) is 0.761. The molecule has 0 aliphatic rings. The highest BCUT2D eigenvalue weighted by atomic mass is 15.3. The highest BCUT2D eigenvalue weighted by Crippen LogP contribution is 2.12. The SMILES string of the molecule is Cc1c(N)nc(C)n2ncnc12. The maximum atomic E-state index is 5.65. The fourth-order valence-corrected chi connectivity index (χ4v) is 1.15. The van der Waals surface area contributed by atoms with E-state index in [9.17, 15) is 0 Å². The van der Waals surface area contributed by atoms with Gasteiger partial charge in [-0.05, 0) is 13.8 Å². The molecule has 0 amide bonds. The number of aromatic nitrogens is 4. The maximum absolute atomic E-state index is 5.65. The van der Waals surface area contributed by atoms with E-state index in [1.165, 1.54) is 6.33 Å². The van der Waals surface area contributed by atoms with E-state index >= 15 is 0 Å². The van der Waals surface area contributed by atoms with Crippen LogP contribution in [0.5, 0.6) is 0 Å². The van der Waals surface area contributed by atoms with Crippen molar-refractivity contribution in [2.75, 3.05) is 5.73 Å². The van der Waals surface area contributed by atoms with E-state index in [0.717, 1.165) is 17.0 Å². The maximum Gasteiger partial charge on any atom is 0.163 e. The Balaban J connectivity index is 2.97. The number of anilines is 1. The Morgan fingerprint density at radius 1 is 1.42 bits per heavy atom. The van der Waals surface area contributed by atoms with Gasteiger partial charge < -0.3 is 5.73 Å². The predicted octanol–water partition coefficient (Wildman–Crippen LogP) is 0.323. The van der Waals surface area contributed by atoms with Crippen LogP contribution in [0.25, 0.3) is 5.65 Å². The van der Waals surface area contributed by atoms with Gasteiger partial charge in [-0.2, -0.15) is 9.61 Å². The van der Waals surface area contributed by atoms with Crippen LogP contribution in [0.2, 0.25) is 0 Å². The largest absolute Gasteiger partial charge is 0.383 e. The lowest BCUT2D eigenvalue weighted by molar-refractivity contribution is 0.861. The molecule has 12 heavy (non-hydrogen) atoms. The second-order valence-electron chi connectivity index (χ2n) is 2.66. The Labute approximate surface area is 69.2 Å². The summed E-state index contributed by atoms with van der Waals surface area (Å²) in [6.07, 6.45) is 1.50. The normalized spacial score (nSPS) is 10.8. The van der Waals surface area contributed by atoms with E-state index < -0.39 is 0 Å². The summed E-state index contributed by atoms with van der Waals surface area (Å²) >= 11 is 0. The molecule has 0 aromatic carbocycles. The number of nitrogen functional groups attached to an aromatic ring is 1. The van der Waals surface area contributed by atoms with E-state index in [-0.39, 0.29) is 0 Å². The van der Waals surface area contributed by atoms with Crippen LogP contribution < -0.4 is 5.73 Å². The topological polar surface area (TPSA) is 69.1 Å². The summed E-state index contributed by atoms with van der Waals surface area (Å²) in [7, 11) is 0. The molecule has 0 fully saturated rings. The molecule has 0 saturated carbocycles. The molecule has 0 radical (unpaired) electrons. The Kier molecular flexibility index (Phi) is 1.27. The number of nitrogens with two attached hydrogens (primary N) is 1. The van der Waals surface area contributed by atoms with Gasteiger partial charge in [0.1, 0.15) is 18.0 Å². The van der Waals surface area contributed by atoms with Crippen molar-refractivity contribution in [1.29, 1.82) is 0 Å². The van der Waals surface area contributed by atoms with Gasteiger partial charge in [0.15, 0.2) is 5.65 Å². The molecule has 5 heteroatoms. The minimum Gasteiger partial charge on any atom is -0.383 e. The van der Waals surface area contributed by atoms with Crippen molar-refractivity contribution in [3.05, 3.63) is 17.7 Å². The molecule has 2 N–H and O–H groups in total. The number of aryl methyl sites for hydroxylation is 2. The zero-order valence-electron chi connectivity index (χ0n) is 6.94. The first-order valence-electron chi connectivity index (χ1n) is 3.62. The van der Waals surface area contributed by atoms with Gasteiger partial charge in [-0.1, -0.05) is 0 Å². The molecule has 0 atom stereocenters. The fraction of sp³-hybridized carbons (Fsp3) is 0.286. The van der Waals surface area contributed by atoms with Gasteiger partial charge in [0.2, 0.25) is 0 Å². The molecule has 62 valence electrons. The summed E-state index contributed by atoms with van der Waals surface area (Å²) in [5, 5.41) is 4.01. The zero-order valence-corrected chi connectivity index (χ0v) is 6.94. The summed E-state index contributed by atoms with van der Waals surface area (Å²) < 4.78 is 1.67. The number of hydrogen-bond donors (Lipinski definition) is 1. The standard InChI is InChI=1S/C7H9N5/c1-4-6(8)11-5(2)12-7(4)9-3-10-12/h3H,8H2,1-2H3. The lowest BCUT2D eigenvalue weighted by Gasteiger charge is -2.02. The van der Waals surface area contributed by atoms with Crippen LogP contribution >= 0.6 is 0 Å². The molecule has 2 aromatic rings. The van der Waals surface area contributed by atoms with Crippen LogP contribution in [0.4, 0.5) is 5.82 Å². The summed E-state index contributed by atoms with van der Waals surface area (Å²) in [4.78, 5) is 8.18. The number of hydrogen-bond acceptors (Lipinski definition) is 4. The highest BCUT2D eigenvalue weighted by Gasteiger charge is 2.06. The Morgan fingerprint density at radius 3 is 2.92 bits per heavy atom. The van der Waals surface area contributed by atoms with E-state index in [0.29, 0.717) is 5.82 Å². The molecular weight excluding hydrogens is 154 g/mol. The average molecular weight is 163 g/mol. The van der Waals surface area contributed by atoms with Gasteiger partial charge >= 0.3 is 0 Å². The molecule has 2 aromatic heterocycles. The minimum absolute atomic E-state index is 0.521. The smallest absolute Gasteiger partial charge is 0.163 e. The lowest BCUT2D eigenvalue weighted by Crippen LogP contribution is -2.04. The van der Waals surface area contributed by atoms with E-state index in [4.69, 9.17) is 5.73 Å². The Hall–Kier alpha value is -1.65. The van der Waals surface area contributed by atoms with Crippen LogP contribution in [-0.2, 0) is 0 Å². The first-order valence-corrected chi connectivity index (χ1v) is 3.62. The third-order valence-corrected chi connectivity index (χ3v) is 1.86. The Bertz CT molecular complexity index is 431.